The second-order valence-corrected chi connectivity index (χ2v) is 5.00. The van der Waals surface area contributed by atoms with Crippen LogP contribution in [0.2, 0.25) is 0 Å². The predicted molar refractivity (Wildman–Crippen MR) is 86.2 cm³/mol. The van der Waals surface area contributed by atoms with Gasteiger partial charge in [-0.1, -0.05) is 38.0 Å². The minimum atomic E-state index is -0.0854. The zero-order chi connectivity index (χ0) is 15.1. The molecule has 0 unspecified atom stereocenters. The molecule has 2 rings (SSSR count). The van der Waals surface area contributed by atoms with Crippen molar-refractivity contribution in [3.8, 4) is 5.69 Å². The molecule has 2 N–H and O–H groups in total. The average molecular weight is 286 g/mol. The number of nitrogens with one attached hydrogen (secondary N) is 2. The Morgan fingerprint density at radius 2 is 2.05 bits per heavy atom. The van der Waals surface area contributed by atoms with Crippen LogP contribution in [0.3, 0.4) is 0 Å². The van der Waals surface area contributed by atoms with Crippen LogP contribution in [0.25, 0.3) is 5.69 Å². The van der Waals surface area contributed by atoms with E-state index in [0.717, 1.165) is 24.3 Å². The Labute approximate surface area is 124 Å². The van der Waals surface area contributed by atoms with E-state index in [0.29, 0.717) is 5.56 Å². The summed E-state index contributed by atoms with van der Waals surface area (Å²) in [5.41, 5.74) is 5.11. The molecule has 0 fully saturated rings. The third-order valence-electron chi connectivity index (χ3n) is 3.31. The van der Waals surface area contributed by atoms with Crippen molar-refractivity contribution in [2.45, 2.75) is 33.1 Å². The number of H-pyrrole nitrogens is 1. The fourth-order valence-corrected chi connectivity index (χ4v) is 2.10. The molecular weight excluding hydrogens is 264 g/mol. The molecule has 0 aliphatic carbocycles. The second kappa shape index (κ2) is 7.47. The number of hydrogen-bond acceptors (Lipinski definition) is 3. The average Bonchev–Trinajstić information content (AvgIpc) is 2.79. The molecule has 0 radical (unpaired) electrons. The lowest BCUT2D eigenvalue weighted by Gasteiger charge is -1.99. The highest BCUT2D eigenvalue weighted by atomic mass is 16.1. The van der Waals surface area contributed by atoms with Crippen LogP contribution >= 0.6 is 0 Å². The lowest BCUT2D eigenvalue weighted by molar-refractivity contribution is 0.641. The number of hydrazone groups is 1. The first-order chi connectivity index (χ1) is 10.2. The van der Waals surface area contributed by atoms with Gasteiger partial charge < -0.3 is 5.43 Å². The molecule has 5 heteroatoms. The van der Waals surface area contributed by atoms with E-state index in [1.807, 2.05) is 37.3 Å². The van der Waals surface area contributed by atoms with Gasteiger partial charge in [0.2, 0.25) is 0 Å². The monoisotopic (exact) mass is 286 g/mol. The van der Waals surface area contributed by atoms with Crippen molar-refractivity contribution in [2.24, 2.45) is 5.10 Å². The number of hydrogen-bond donors (Lipinski definition) is 2. The Morgan fingerprint density at radius 3 is 2.76 bits per heavy atom. The van der Waals surface area contributed by atoms with Gasteiger partial charge in [-0.3, -0.25) is 9.89 Å². The molecule has 112 valence electrons. The molecule has 0 amide bonds. The Hall–Kier alpha value is -2.30. The number of benzene rings is 1. The zero-order valence-corrected chi connectivity index (χ0v) is 12.6. The Bertz CT molecular complexity index is 640. The van der Waals surface area contributed by atoms with Crippen LogP contribution in [0.4, 0.5) is 0 Å². The van der Waals surface area contributed by atoms with Crippen molar-refractivity contribution in [1.29, 1.82) is 0 Å². The van der Waals surface area contributed by atoms with E-state index in [1.54, 1.807) is 6.21 Å². The maximum absolute atomic E-state index is 12.4. The molecule has 0 atom stereocenters. The van der Waals surface area contributed by atoms with E-state index in [4.69, 9.17) is 0 Å². The van der Waals surface area contributed by atoms with Crippen molar-refractivity contribution in [2.75, 3.05) is 6.54 Å². The summed E-state index contributed by atoms with van der Waals surface area (Å²) in [7, 11) is 0. The van der Waals surface area contributed by atoms with Crippen molar-refractivity contribution in [3.63, 3.8) is 0 Å². The van der Waals surface area contributed by atoms with Crippen molar-refractivity contribution in [1.82, 2.24) is 15.2 Å². The van der Waals surface area contributed by atoms with Crippen LogP contribution in [-0.2, 0) is 0 Å². The first kappa shape index (κ1) is 15.1. The summed E-state index contributed by atoms with van der Waals surface area (Å²) in [6.45, 7) is 4.87. The van der Waals surface area contributed by atoms with Crippen LogP contribution in [-0.4, -0.2) is 22.5 Å². The number of aromatic amines is 1. The van der Waals surface area contributed by atoms with Crippen LogP contribution < -0.4 is 11.0 Å². The minimum Gasteiger partial charge on any atom is -0.310 e. The smallest absolute Gasteiger partial charge is 0.280 e. The number of para-hydroxylation sites is 1. The minimum absolute atomic E-state index is 0.0854. The quantitative estimate of drug-likeness (QED) is 0.467. The van der Waals surface area contributed by atoms with Gasteiger partial charge in [0.15, 0.2) is 0 Å². The molecule has 21 heavy (non-hydrogen) atoms. The predicted octanol–water partition coefficient (Wildman–Crippen LogP) is 2.59. The molecule has 0 saturated carbocycles. The number of aryl methyl sites for hydroxylation is 1. The van der Waals surface area contributed by atoms with Crippen molar-refractivity contribution in [3.05, 3.63) is 51.9 Å². The Kier molecular flexibility index (Phi) is 5.37. The fourth-order valence-electron chi connectivity index (χ4n) is 2.10. The molecule has 0 aliphatic rings. The van der Waals surface area contributed by atoms with Crippen LogP contribution in [0.5, 0.6) is 0 Å². The second-order valence-electron chi connectivity index (χ2n) is 5.00. The highest BCUT2D eigenvalue weighted by Crippen LogP contribution is 2.05. The summed E-state index contributed by atoms with van der Waals surface area (Å²) in [5, 5.41) is 7.21. The van der Waals surface area contributed by atoms with E-state index in [1.165, 1.54) is 17.5 Å². The third kappa shape index (κ3) is 3.84. The largest absolute Gasteiger partial charge is 0.310 e. The number of nitrogens with zero attached hydrogens (tertiary/aromatic N) is 2. The third-order valence-corrected chi connectivity index (χ3v) is 3.31. The van der Waals surface area contributed by atoms with Gasteiger partial charge in [-0.15, -0.1) is 0 Å². The summed E-state index contributed by atoms with van der Waals surface area (Å²) in [6.07, 6.45) is 5.06. The molecule has 0 spiro atoms. The van der Waals surface area contributed by atoms with Crippen LogP contribution in [0.1, 0.15) is 37.4 Å². The van der Waals surface area contributed by atoms with Gasteiger partial charge in [0.05, 0.1) is 17.5 Å². The first-order valence-electron chi connectivity index (χ1n) is 7.37. The molecule has 0 aliphatic heterocycles. The summed E-state index contributed by atoms with van der Waals surface area (Å²) in [6, 6.07) is 9.51. The van der Waals surface area contributed by atoms with Gasteiger partial charge in [0, 0.05) is 12.2 Å². The van der Waals surface area contributed by atoms with Gasteiger partial charge in [0.1, 0.15) is 0 Å². The van der Waals surface area contributed by atoms with Crippen molar-refractivity contribution >= 4 is 6.21 Å². The molecule has 1 heterocycles. The lowest BCUT2D eigenvalue weighted by Crippen LogP contribution is -2.18. The summed E-state index contributed by atoms with van der Waals surface area (Å²) < 4.78 is 1.54. The van der Waals surface area contributed by atoms with E-state index >= 15 is 0 Å². The number of rotatable bonds is 7. The molecule has 1 aromatic heterocycles. The molecular formula is C16H22N4O. The molecule has 5 nitrogen and oxygen atoms in total. The number of aromatic nitrogens is 2. The zero-order valence-electron chi connectivity index (χ0n) is 12.6. The van der Waals surface area contributed by atoms with Gasteiger partial charge >= 0.3 is 0 Å². The van der Waals surface area contributed by atoms with E-state index in [9.17, 15) is 4.79 Å². The number of unbranched alkanes of at least 4 members (excludes halogenated alkanes) is 2. The standard InChI is InChI=1S/C16H22N4O/c1-3-4-8-11-17-18-12-15-13(2)19-20(16(15)21)14-9-6-5-7-10-14/h5-7,9-10,12,17,19H,3-4,8,11H2,1-2H3. The lowest BCUT2D eigenvalue weighted by atomic mass is 10.2. The Balaban J connectivity index is 2.10. The van der Waals surface area contributed by atoms with Crippen molar-refractivity contribution < 1.29 is 0 Å². The maximum atomic E-state index is 12.4. The molecule has 0 bridgehead atoms. The summed E-state index contributed by atoms with van der Waals surface area (Å²) in [4.78, 5) is 12.4. The van der Waals surface area contributed by atoms with Gasteiger partial charge in [-0.2, -0.15) is 5.10 Å². The highest BCUT2D eigenvalue weighted by Gasteiger charge is 2.09. The normalized spacial score (nSPS) is 11.1. The summed E-state index contributed by atoms with van der Waals surface area (Å²) >= 11 is 0. The molecule has 0 saturated heterocycles. The fraction of sp³-hybridized carbons (Fsp3) is 0.375. The summed E-state index contributed by atoms with van der Waals surface area (Å²) in [5.74, 6) is 0. The topological polar surface area (TPSA) is 62.2 Å². The molecule has 1 aromatic carbocycles. The van der Waals surface area contributed by atoms with Crippen LogP contribution in [0.15, 0.2) is 40.2 Å². The maximum Gasteiger partial charge on any atom is 0.280 e. The Morgan fingerprint density at radius 1 is 1.29 bits per heavy atom. The van der Waals surface area contributed by atoms with E-state index < -0.39 is 0 Å². The molecule has 2 aromatic rings. The van der Waals surface area contributed by atoms with E-state index in [2.05, 4.69) is 22.5 Å². The first-order valence-corrected chi connectivity index (χ1v) is 7.37. The van der Waals surface area contributed by atoms with Gasteiger partial charge in [0.25, 0.3) is 5.56 Å². The van der Waals surface area contributed by atoms with E-state index in [-0.39, 0.29) is 5.56 Å². The van der Waals surface area contributed by atoms with Crippen LogP contribution in [0, 0.1) is 6.92 Å². The van der Waals surface area contributed by atoms with Gasteiger partial charge in [-0.25, -0.2) is 4.68 Å². The van der Waals surface area contributed by atoms with Gasteiger partial charge in [-0.05, 0) is 25.5 Å². The SMILES string of the molecule is CCCCCNN=Cc1c(C)[nH]n(-c2ccccc2)c1=O. The highest BCUT2D eigenvalue weighted by molar-refractivity contribution is 5.80.